The molecular formula is C20H21N3O4S. The number of thiophene rings is 1. The van der Waals surface area contributed by atoms with Crippen LogP contribution in [-0.4, -0.2) is 35.2 Å². The lowest BCUT2D eigenvalue weighted by Gasteiger charge is -2.23. The van der Waals surface area contributed by atoms with E-state index in [-0.39, 0.29) is 18.9 Å². The quantitative estimate of drug-likeness (QED) is 0.772. The van der Waals surface area contributed by atoms with Gasteiger partial charge < -0.3 is 20.1 Å². The van der Waals surface area contributed by atoms with Crippen molar-refractivity contribution < 1.29 is 19.4 Å². The second-order valence-corrected chi connectivity index (χ2v) is 7.51. The topological polar surface area (TPSA) is 103 Å². The van der Waals surface area contributed by atoms with Gasteiger partial charge in [-0.1, -0.05) is 12.1 Å². The zero-order valence-electron chi connectivity index (χ0n) is 15.5. The zero-order chi connectivity index (χ0) is 20.1. The molecule has 1 aliphatic heterocycles. The maximum atomic E-state index is 12.4. The molecule has 0 saturated carbocycles. The number of carbonyl (C=O) groups is 2. The molecule has 2 amide bonds. The van der Waals surface area contributed by atoms with E-state index in [1.54, 1.807) is 0 Å². The number of ether oxygens (including phenoxy) is 1. The van der Waals surface area contributed by atoms with Crippen LogP contribution in [-0.2, 0) is 24.2 Å². The van der Waals surface area contributed by atoms with Crippen molar-refractivity contribution in [1.82, 2.24) is 4.90 Å². The number of hydrogen-bond acceptors (Lipinski definition) is 5. The second kappa shape index (κ2) is 8.76. The SMILES string of the molecule is CCOc1cccc(CCC(=O)Nc2sc3c(c2C#N)CCN(C(=O)O)C3)c1. The summed E-state index contributed by atoms with van der Waals surface area (Å²) in [5, 5.41) is 22.0. The van der Waals surface area contributed by atoms with Crippen molar-refractivity contribution in [2.75, 3.05) is 18.5 Å². The summed E-state index contributed by atoms with van der Waals surface area (Å²) in [6.45, 7) is 3.12. The molecule has 0 unspecified atom stereocenters. The number of carboxylic acid groups (broad SMARTS) is 1. The van der Waals surface area contributed by atoms with Gasteiger partial charge in [-0.15, -0.1) is 11.3 Å². The fourth-order valence-corrected chi connectivity index (χ4v) is 4.41. The zero-order valence-corrected chi connectivity index (χ0v) is 16.3. The van der Waals surface area contributed by atoms with Crippen molar-refractivity contribution >= 4 is 28.3 Å². The predicted octanol–water partition coefficient (Wildman–Crippen LogP) is 3.63. The standard InChI is InChI=1S/C20H21N3O4S/c1-2-27-14-5-3-4-13(10-14)6-7-18(24)22-19-16(11-21)15-8-9-23(20(25)26)12-17(15)28-19/h3-5,10H,2,6-9,12H2,1H3,(H,22,24)(H,25,26). The van der Waals surface area contributed by atoms with Crippen LogP contribution in [0.1, 0.15) is 34.9 Å². The summed E-state index contributed by atoms with van der Waals surface area (Å²) in [7, 11) is 0. The van der Waals surface area contributed by atoms with Gasteiger partial charge in [0.2, 0.25) is 5.91 Å². The van der Waals surface area contributed by atoms with Gasteiger partial charge in [-0.3, -0.25) is 4.79 Å². The van der Waals surface area contributed by atoms with Crippen molar-refractivity contribution in [3.63, 3.8) is 0 Å². The lowest BCUT2D eigenvalue weighted by molar-refractivity contribution is -0.116. The van der Waals surface area contributed by atoms with E-state index >= 15 is 0 Å². The molecule has 8 heteroatoms. The van der Waals surface area contributed by atoms with Crippen LogP contribution in [0.5, 0.6) is 5.75 Å². The van der Waals surface area contributed by atoms with E-state index < -0.39 is 6.09 Å². The molecule has 0 atom stereocenters. The summed E-state index contributed by atoms with van der Waals surface area (Å²) in [4.78, 5) is 25.7. The smallest absolute Gasteiger partial charge is 0.407 e. The third-order valence-electron chi connectivity index (χ3n) is 4.54. The van der Waals surface area contributed by atoms with Gasteiger partial charge in [-0.25, -0.2) is 4.79 Å². The molecule has 0 spiro atoms. The first-order chi connectivity index (χ1) is 13.5. The third kappa shape index (κ3) is 4.43. The summed E-state index contributed by atoms with van der Waals surface area (Å²) >= 11 is 1.29. The molecule has 146 valence electrons. The van der Waals surface area contributed by atoms with Gasteiger partial charge in [-0.05, 0) is 43.0 Å². The molecule has 0 fully saturated rings. The molecule has 0 radical (unpaired) electrons. The highest BCUT2D eigenvalue weighted by Crippen LogP contribution is 2.36. The van der Waals surface area contributed by atoms with Crippen LogP contribution in [0.3, 0.4) is 0 Å². The molecule has 1 aromatic heterocycles. The average Bonchev–Trinajstić information content (AvgIpc) is 3.03. The van der Waals surface area contributed by atoms with Gasteiger partial charge in [0.1, 0.15) is 16.8 Å². The molecule has 28 heavy (non-hydrogen) atoms. The summed E-state index contributed by atoms with van der Waals surface area (Å²) in [5.74, 6) is 0.605. The third-order valence-corrected chi connectivity index (χ3v) is 5.67. The first-order valence-electron chi connectivity index (χ1n) is 9.06. The van der Waals surface area contributed by atoms with Crippen LogP contribution in [0.4, 0.5) is 9.80 Å². The minimum absolute atomic E-state index is 0.174. The number of hydrogen-bond donors (Lipinski definition) is 2. The number of anilines is 1. The van der Waals surface area contributed by atoms with Crippen LogP contribution in [0, 0.1) is 11.3 Å². The fraction of sp³-hybridized carbons (Fsp3) is 0.350. The highest BCUT2D eigenvalue weighted by Gasteiger charge is 2.27. The van der Waals surface area contributed by atoms with Gasteiger partial charge in [-0.2, -0.15) is 5.26 Å². The Labute approximate surface area is 167 Å². The minimum Gasteiger partial charge on any atom is -0.494 e. The molecule has 0 bridgehead atoms. The highest BCUT2D eigenvalue weighted by atomic mass is 32.1. The lowest BCUT2D eigenvalue weighted by Crippen LogP contribution is -2.34. The summed E-state index contributed by atoms with van der Waals surface area (Å²) in [6.07, 6.45) is 0.357. The maximum Gasteiger partial charge on any atom is 0.407 e. The summed E-state index contributed by atoms with van der Waals surface area (Å²) in [5.41, 5.74) is 2.31. The van der Waals surface area contributed by atoms with E-state index in [2.05, 4.69) is 11.4 Å². The van der Waals surface area contributed by atoms with Crippen LogP contribution >= 0.6 is 11.3 Å². The molecule has 2 N–H and O–H groups in total. The summed E-state index contributed by atoms with van der Waals surface area (Å²) in [6, 6.07) is 9.80. The molecule has 1 aromatic carbocycles. The molecule has 0 aliphatic carbocycles. The molecule has 1 aliphatic rings. The van der Waals surface area contributed by atoms with Crippen molar-refractivity contribution in [1.29, 1.82) is 5.26 Å². The first-order valence-corrected chi connectivity index (χ1v) is 9.87. The van der Waals surface area contributed by atoms with E-state index in [4.69, 9.17) is 9.84 Å². The van der Waals surface area contributed by atoms with Gasteiger partial charge in [0.15, 0.2) is 0 Å². The number of nitriles is 1. The van der Waals surface area contributed by atoms with Crippen LogP contribution < -0.4 is 10.1 Å². The van der Waals surface area contributed by atoms with E-state index in [9.17, 15) is 14.9 Å². The number of carbonyl (C=O) groups excluding carboxylic acids is 1. The van der Waals surface area contributed by atoms with E-state index in [1.807, 2.05) is 31.2 Å². The Hall–Kier alpha value is -3.05. The predicted molar refractivity (Wildman–Crippen MR) is 106 cm³/mol. The van der Waals surface area contributed by atoms with Gasteiger partial charge in [0.05, 0.1) is 18.7 Å². The molecule has 3 rings (SSSR count). The molecule has 2 aromatic rings. The molecule has 0 saturated heterocycles. The average molecular weight is 399 g/mol. The highest BCUT2D eigenvalue weighted by molar-refractivity contribution is 7.16. The normalized spacial score (nSPS) is 12.8. The number of fused-ring (bicyclic) bond motifs is 1. The van der Waals surface area contributed by atoms with Crippen LogP contribution in [0.2, 0.25) is 0 Å². The number of nitrogens with one attached hydrogen (secondary N) is 1. The Kier molecular flexibility index (Phi) is 6.16. The monoisotopic (exact) mass is 399 g/mol. The number of benzene rings is 1. The van der Waals surface area contributed by atoms with E-state index in [1.165, 1.54) is 16.2 Å². The Morgan fingerprint density at radius 2 is 2.25 bits per heavy atom. The Morgan fingerprint density at radius 1 is 1.43 bits per heavy atom. The Balaban J connectivity index is 1.65. The Bertz CT molecular complexity index is 932. The summed E-state index contributed by atoms with van der Waals surface area (Å²) < 4.78 is 5.47. The van der Waals surface area contributed by atoms with E-state index in [0.29, 0.717) is 36.6 Å². The van der Waals surface area contributed by atoms with Crippen molar-refractivity contribution in [3.05, 3.63) is 45.8 Å². The number of aryl methyl sites for hydroxylation is 1. The van der Waals surface area contributed by atoms with Gasteiger partial charge in [0, 0.05) is 17.8 Å². The number of amides is 2. The first kappa shape index (κ1) is 19.7. The number of nitrogens with zero attached hydrogens (tertiary/aromatic N) is 2. The van der Waals surface area contributed by atoms with Gasteiger partial charge in [0.25, 0.3) is 0 Å². The molecular weight excluding hydrogens is 378 g/mol. The minimum atomic E-state index is -0.975. The molecule has 7 nitrogen and oxygen atoms in total. The Morgan fingerprint density at radius 3 is 2.96 bits per heavy atom. The lowest BCUT2D eigenvalue weighted by atomic mass is 10.0. The van der Waals surface area contributed by atoms with Crippen LogP contribution in [0.15, 0.2) is 24.3 Å². The fourth-order valence-electron chi connectivity index (χ4n) is 3.18. The maximum absolute atomic E-state index is 12.4. The largest absolute Gasteiger partial charge is 0.494 e. The molecule has 2 heterocycles. The second-order valence-electron chi connectivity index (χ2n) is 6.40. The van der Waals surface area contributed by atoms with Crippen molar-refractivity contribution in [3.8, 4) is 11.8 Å². The van der Waals surface area contributed by atoms with E-state index in [0.717, 1.165) is 21.8 Å². The van der Waals surface area contributed by atoms with Crippen molar-refractivity contribution in [2.45, 2.75) is 32.7 Å². The van der Waals surface area contributed by atoms with Crippen LogP contribution in [0.25, 0.3) is 0 Å². The number of rotatable bonds is 6. The van der Waals surface area contributed by atoms with Crippen molar-refractivity contribution in [2.24, 2.45) is 0 Å². The van der Waals surface area contributed by atoms with Gasteiger partial charge >= 0.3 is 6.09 Å².